The molecule has 0 bridgehead atoms. The Morgan fingerprint density at radius 3 is 1.92 bits per heavy atom. The Morgan fingerprint density at radius 2 is 1.35 bits per heavy atom. The van der Waals surface area contributed by atoms with E-state index in [2.05, 4.69) is 12.1 Å². The number of carbonyl (C=O) groups excluding carboxylic acids is 1. The van der Waals surface area contributed by atoms with Crippen LogP contribution < -0.4 is 10.6 Å². The number of benzene rings is 4. The monoisotopic (exact) mass is 510 g/mol. The zero-order valence-corrected chi connectivity index (χ0v) is 22.4. The first-order chi connectivity index (χ1) is 17.7. The second kappa shape index (κ2) is 9.32. The molecule has 1 aliphatic rings. The van der Waals surface area contributed by atoms with Crippen LogP contribution >= 0.6 is 7.29 Å². The van der Waals surface area contributed by atoms with Gasteiger partial charge in [0.15, 0.2) is 5.54 Å². The van der Waals surface area contributed by atoms with Crippen molar-refractivity contribution in [1.29, 1.82) is 0 Å². The number of carbonyl (C=O) groups is 1. The zero-order valence-electron chi connectivity index (χ0n) is 21.5. The van der Waals surface area contributed by atoms with E-state index in [-0.39, 0.29) is 6.10 Å². The summed E-state index contributed by atoms with van der Waals surface area (Å²) >= 11 is 0. The molecular weight excluding hydrogens is 479 g/mol. The van der Waals surface area contributed by atoms with Gasteiger partial charge in [-0.05, 0) is 74.4 Å². The second-order valence-electron chi connectivity index (χ2n) is 10.00. The molecule has 0 fully saturated rings. The smallest absolute Gasteiger partial charge is 0.336 e. The molecule has 5 nitrogen and oxygen atoms in total. The lowest BCUT2D eigenvalue weighted by Crippen LogP contribution is -2.57. The molecule has 1 heterocycles. The van der Waals surface area contributed by atoms with Gasteiger partial charge in [0.1, 0.15) is 5.54 Å². The molecule has 4 aromatic rings. The summed E-state index contributed by atoms with van der Waals surface area (Å²) in [7, 11) is -3.50. The summed E-state index contributed by atoms with van der Waals surface area (Å²) in [5.74, 6) is -0.454. The number of hydrogen-bond acceptors (Lipinski definition) is 4. The van der Waals surface area contributed by atoms with Crippen LogP contribution in [0.2, 0.25) is 0 Å². The summed E-state index contributed by atoms with van der Waals surface area (Å²) in [5.41, 5.74) is -1.64. The van der Waals surface area contributed by atoms with Crippen molar-refractivity contribution in [3.8, 4) is 0 Å². The van der Waals surface area contributed by atoms with Crippen LogP contribution in [0.15, 0.2) is 108 Å². The van der Waals surface area contributed by atoms with E-state index in [4.69, 9.17) is 9.73 Å². The molecule has 37 heavy (non-hydrogen) atoms. The minimum absolute atomic E-state index is 0.315. The first kappa shape index (κ1) is 25.0. The second-order valence-corrected chi connectivity index (χ2v) is 12.6. The fourth-order valence-corrected chi connectivity index (χ4v) is 8.15. The minimum atomic E-state index is -3.50. The van der Waals surface area contributed by atoms with Gasteiger partial charge in [-0.3, -0.25) is 14.2 Å². The van der Waals surface area contributed by atoms with E-state index in [1.165, 1.54) is 0 Å². The molecule has 0 amide bonds. The van der Waals surface area contributed by atoms with Gasteiger partial charge in [-0.2, -0.15) is 0 Å². The van der Waals surface area contributed by atoms with Gasteiger partial charge in [-0.15, -0.1) is 0 Å². The lowest BCUT2D eigenvalue weighted by atomic mass is 9.75. The third kappa shape index (κ3) is 3.89. The van der Waals surface area contributed by atoms with Crippen molar-refractivity contribution in [1.82, 2.24) is 4.67 Å². The van der Waals surface area contributed by atoms with Gasteiger partial charge in [0.05, 0.1) is 12.4 Å². The van der Waals surface area contributed by atoms with Crippen LogP contribution in [0.25, 0.3) is 10.8 Å². The maximum atomic E-state index is 15.5. The summed E-state index contributed by atoms with van der Waals surface area (Å²) in [6.07, 6.45) is 1.28. The van der Waals surface area contributed by atoms with E-state index in [0.717, 1.165) is 16.3 Å². The molecule has 4 aromatic carbocycles. The van der Waals surface area contributed by atoms with Crippen LogP contribution in [0, 0.1) is 0 Å². The highest BCUT2D eigenvalue weighted by molar-refractivity contribution is 7.77. The number of hydrogen-bond donors (Lipinski definition) is 0. The van der Waals surface area contributed by atoms with Gasteiger partial charge in [0, 0.05) is 10.6 Å². The topological polar surface area (TPSA) is 59.0 Å². The van der Waals surface area contributed by atoms with Crippen molar-refractivity contribution < 1.29 is 14.1 Å². The van der Waals surface area contributed by atoms with Gasteiger partial charge in [-0.1, -0.05) is 72.8 Å². The highest BCUT2D eigenvalue weighted by Crippen LogP contribution is 2.59. The average molecular weight is 511 g/mol. The van der Waals surface area contributed by atoms with Crippen molar-refractivity contribution in [3.63, 3.8) is 0 Å². The number of ether oxygens (including phenoxy) is 1. The lowest BCUT2D eigenvalue weighted by Gasteiger charge is -2.47. The van der Waals surface area contributed by atoms with E-state index in [1.807, 2.05) is 116 Å². The Balaban J connectivity index is 1.80. The van der Waals surface area contributed by atoms with Crippen LogP contribution in [0.4, 0.5) is 0 Å². The SMILES string of the molecule is CC(C)OC(=O)[C@]1(C)N=CN(P(=O)(c2ccccc2)c2ccccc2)[C@@]1(C)c1ccc2ccccc2c1. The minimum Gasteiger partial charge on any atom is -0.461 e. The van der Waals surface area contributed by atoms with Gasteiger partial charge < -0.3 is 4.74 Å². The van der Waals surface area contributed by atoms with Crippen LogP contribution in [-0.4, -0.2) is 28.6 Å². The third-order valence-corrected chi connectivity index (χ3v) is 10.5. The predicted molar refractivity (Wildman–Crippen MR) is 151 cm³/mol. The third-order valence-electron chi connectivity index (χ3n) is 7.40. The van der Waals surface area contributed by atoms with Gasteiger partial charge in [0.25, 0.3) is 0 Å². The molecule has 2 atom stereocenters. The first-order valence-electron chi connectivity index (χ1n) is 12.5. The highest BCUT2D eigenvalue weighted by atomic mass is 31.2. The van der Waals surface area contributed by atoms with E-state index < -0.39 is 24.3 Å². The number of fused-ring (bicyclic) bond motifs is 1. The standard InChI is InChI=1S/C31H31N2O3P/c1-23(2)36-29(34)30(3)31(4,26-20-19-24-13-11-12-14-25(24)21-26)33(22-32-30)37(35,27-15-7-5-8-16-27)28-17-9-6-10-18-28/h5-23H,1-4H3/t30-,31-/m0/s1. The van der Waals surface area contributed by atoms with E-state index in [0.29, 0.717) is 10.6 Å². The molecule has 0 N–H and O–H groups in total. The molecule has 0 aliphatic carbocycles. The summed E-state index contributed by atoms with van der Waals surface area (Å²) < 4.78 is 23.0. The van der Waals surface area contributed by atoms with Crippen LogP contribution in [0.3, 0.4) is 0 Å². The fraction of sp³-hybridized carbons (Fsp3) is 0.226. The predicted octanol–water partition coefficient (Wildman–Crippen LogP) is 6.04. The zero-order chi connectivity index (χ0) is 26.3. The van der Waals surface area contributed by atoms with Gasteiger partial charge >= 0.3 is 5.97 Å². The molecule has 6 heteroatoms. The van der Waals surface area contributed by atoms with Crippen molar-refractivity contribution in [3.05, 3.63) is 109 Å². The quantitative estimate of drug-likeness (QED) is 0.235. The van der Waals surface area contributed by atoms with Crippen LogP contribution in [-0.2, 0) is 19.6 Å². The van der Waals surface area contributed by atoms with E-state index in [9.17, 15) is 4.79 Å². The Bertz CT molecular complexity index is 1480. The Labute approximate surface area is 218 Å². The number of aliphatic imine (C=N–C) groups is 1. The Kier molecular flexibility index (Phi) is 6.29. The van der Waals surface area contributed by atoms with Crippen LogP contribution in [0.5, 0.6) is 0 Å². The Morgan fingerprint density at radius 1 is 0.811 bits per heavy atom. The molecule has 0 unspecified atom stereocenters. The molecule has 0 spiro atoms. The fourth-order valence-electron chi connectivity index (χ4n) is 5.13. The van der Waals surface area contributed by atoms with E-state index in [1.54, 1.807) is 13.3 Å². The lowest BCUT2D eigenvalue weighted by molar-refractivity contribution is -0.156. The maximum absolute atomic E-state index is 15.5. The van der Waals surface area contributed by atoms with Crippen molar-refractivity contribution in [2.45, 2.75) is 44.9 Å². The highest BCUT2D eigenvalue weighted by Gasteiger charge is 2.63. The number of rotatable bonds is 6. The molecule has 1 aliphatic heterocycles. The van der Waals surface area contributed by atoms with Crippen molar-refractivity contribution in [2.75, 3.05) is 0 Å². The molecule has 0 radical (unpaired) electrons. The summed E-state index contributed by atoms with van der Waals surface area (Å²) in [5, 5.41) is 3.45. The van der Waals surface area contributed by atoms with Crippen molar-refractivity contribution in [2.24, 2.45) is 4.99 Å². The number of esters is 1. The average Bonchev–Trinajstić information content (AvgIpc) is 3.21. The van der Waals surface area contributed by atoms with E-state index >= 15 is 4.57 Å². The van der Waals surface area contributed by atoms with Crippen LogP contribution in [0.1, 0.15) is 33.3 Å². The molecule has 188 valence electrons. The van der Waals surface area contributed by atoms with Crippen molar-refractivity contribution >= 4 is 41.0 Å². The Hall–Kier alpha value is -3.69. The normalized spacial score (nSPS) is 21.5. The van der Waals surface area contributed by atoms with Gasteiger partial charge in [-0.25, -0.2) is 4.79 Å². The molecule has 0 saturated carbocycles. The summed E-state index contributed by atoms with van der Waals surface area (Å²) in [6.45, 7) is 7.38. The maximum Gasteiger partial charge on any atom is 0.336 e. The summed E-state index contributed by atoms with van der Waals surface area (Å²) in [6, 6.07) is 33.1. The summed E-state index contributed by atoms with van der Waals surface area (Å²) in [4.78, 5) is 18.5. The molecule has 0 aromatic heterocycles. The van der Waals surface area contributed by atoms with Gasteiger partial charge in [0.2, 0.25) is 7.29 Å². The number of nitrogens with zero attached hydrogens (tertiary/aromatic N) is 2. The molecular formula is C31H31N2O3P. The molecule has 0 saturated heterocycles. The molecule has 5 rings (SSSR count). The first-order valence-corrected chi connectivity index (χ1v) is 14.1. The largest absolute Gasteiger partial charge is 0.461 e.